The van der Waals surface area contributed by atoms with Crippen molar-refractivity contribution >= 4 is 11.9 Å². The van der Waals surface area contributed by atoms with Crippen molar-refractivity contribution in [2.24, 2.45) is 11.1 Å². The van der Waals surface area contributed by atoms with Crippen molar-refractivity contribution < 1.29 is 14.7 Å². The minimum absolute atomic E-state index is 0.250. The van der Waals surface area contributed by atoms with Crippen molar-refractivity contribution in [1.29, 1.82) is 0 Å². The Morgan fingerprint density at radius 2 is 1.95 bits per heavy atom. The number of rotatable bonds is 1. The Labute approximate surface area is 119 Å². The van der Waals surface area contributed by atoms with Crippen molar-refractivity contribution in [3.8, 4) is 0 Å². The molecule has 0 aromatic heterocycles. The molecular weight excluding hydrogens is 258 g/mol. The summed E-state index contributed by atoms with van der Waals surface area (Å²) in [6.07, 6.45) is 2.69. The van der Waals surface area contributed by atoms with Crippen LogP contribution in [0.1, 0.15) is 46.5 Å². The van der Waals surface area contributed by atoms with Gasteiger partial charge >= 0.3 is 5.97 Å². The Morgan fingerprint density at radius 1 is 1.35 bits per heavy atom. The van der Waals surface area contributed by atoms with E-state index in [0.29, 0.717) is 19.4 Å². The Hall–Kier alpha value is -1.14. The third-order valence-electron chi connectivity index (χ3n) is 4.65. The number of fused-ring (bicyclic) bond motifs is 1. The SMILES string of the molecule is CC(C)(C)[C@]1(C(=O)O)CCCN2CCC[C@H](N)C(=O)N21. The van der Waals surface area contributed by atoms with E-state index in [9.17, 15) is 14.7 Å². The first-order valence-corrected chi connectivity index (χ1v) is 7.30. The molecule has 3 N–H and O–H groups in total. The quantitative estimate of drug-likeness (QED) is 0.744. The molecule has 2 aliphatic heterocycles. The topological polar surface area (TPSA) is 86.9 Å². The highest BCUT2D eigenvalue weighted by molar-refractivity contribution is 5.90. The van der Waals surface area contributed by atoms with E-state index in [1.54, 1.807) is 0 Å². The fourth-order valence-electron chi connectivity index (χ4n) is 3.49. The van der Waals surface area contributed by atoms with Crippen LogP contribution in [0, 0.1) is 5.41 Å². The molecule has 0 aromatic rings. The van der Waals surface area contributed by atoms with Crippen molar-refractivity contribution in [1.82, 2.24) is 10.0 Å². The first-order chi connectivity index (χ1) is 9.22. The summed E-state index contributed by atoms with van der Waals surface area (Å²) in [5.41, 5.74) is 4.18. The van der Waals surface area contributed by atoms with Gasteiger partial charge in [-0.15, -0.1) is 0 Å². The number of carbonyl (C=O) groups is 2. The molecule has 0 unspecified atom stereocenters. The van der Waals surface area contributed by atoms with Crippen LogP contribution in [0.2, 0.25) is 0 Å². The van der Waals surface area contributed by atoms with Gasteiger partial charge in [0.25, 0.3) is 5.91 Å². The van der Waals surface area contributed by atoms with Gasteiger partial charge in [0.15, 0.2) is 5.54 Å². The second kappa shape index (κ2) is 5.00. The first kappa shape index (κ1) is 15.3. The molecule has 0 radical (unpaired) electrons. The molecule has 2 atom stereocenters. The summed E-state index contributed by atoms with van der Waals surface area (Å²) in [7, 11) is 0. The number of nitrogens with zero attached hydrogens (tertiary/aromatic N) is 2. The van der Waals surface area contributed by atoms with Crippen LogP contribution >= 0.6 is 0 Å². The monoisotopic (exact) mass is 283 g/mol. The maximum Gasteiger partial charge on any atom is 0.331 e. The van der Waals surface area contributed by atoms with E-state index in [1.165, 1.54) is 5.01 Å². The molecule has 0 aromatic carbocycles. The maximum absolute atomic E-state index is 12.6. The zero-order chi connectivity index (χ0) is 15.1. The van der Waals surface area contributed by atoms with Gasteiger partial charge in [-0.3, -0.25) is 9.80 Å². The zero-order valence-corrected chi connectivity index (χ0v) is 12.6. The first-order valence-electron chi connectivity index (χ1n) is 7.30. The van der Waals surface area contributed by atoms with Crippen LogP contribution in [0.5, 0.6) is 0 Å². The lowest BCUT2D eigenvalue weighted by atomic mass is 9.69. The molecule has 6 nitrogen and oxygen atoms in total. The highest BCUT2D eigenvalue weighted by Gasteiger charge is 2.59. The van der Waals surface area contributed by atoms with Gasteiger partial charge in [-0.25, -0.2) is 9.80 Å². The Balaban J connectivity index is 2.54. The molecular formula is C14H25N3O3. The molecule has 0 aliphatic carbocycles. The molecule has 2 saturated heterocycles. The van der Waals surface area contributed by atoms with Crippen LogP contribution in [0.3, 0.4) is 0 Å². The second-order valence-electron chi connectivity index (χ2n) is 6.87. The number of amides is 1. The number of hydrogen-bond donors (Lipinski definition) is 2. The van der Waals surface area contributed by atoms with Crippen molar-refractivity contribution in [3.63, 3.8) is 0 Å². The smallest absolute Gasteiger partial charge is 0.331 e. The van der Waals surface area contributed by atoms with E-state index >= 15 is 0 Å². The van der Waals surface area contributed by atoms with Crippen LogP contribution in [-0.4, -0.2) is 51.7 Å². The van der Waals surface area contributed by atoms with Crippen molar-refractivity contribution in [2.75, 3.05) is 13.1 Å². The number of nitrogens with two attached hydrogens (primary N) is 1. The molecule has 1 amide bonds. The lowest BCUT2D eigenvalue weighted by Gasteiger charge is -2.55. The number of hydrazine groups is 1. The number of carboxylic acid groups (broad SMARTS) is 1. The second-order valence-corrected chi connectivity index (χ2v) is 6.87. The number of carbonyl (C=O) groups excluding carboxylic acids is 1. The number of aliphatic carboxylic acids is 1. The molecule has 6 heteroatoms. The Bertz CT molecular complexity index is 418. The maximum atomic E-state index is 12.6. The van der Waals surface area contributed by atoms with Crippen molar-refractivity contribution in [2.45, 2.75) is 58.0 Å². The van der Waals surface area contributed by atoms with E-state index in [-0.39, 0.29) is 5.91 Å². The molecule has 0 saturated carbocycles. The molecule has 0 bridgehead atoms. The Kier molecular flexibility index (Phi) is 3.81. The van der Waals surface area contributed by atoms with Gasteiger partial charge in [-0.2, -0.15) is 0 Å². The third-order valence-corrected chi connectivity index (χ3v) is 4.65. The van der Waals surface area contributed by atoms with Gasteiger partial charge in [0.05, 0.1) is 6.04 Å². The van der Waals surface area contributed by atoms with Crippen LogP contribution < -0.4 is 5.73 Å². The molecule has 2 heterocycles. The highest BCUT2D eigenvalue weighted by atomic mass is 16.4. The summed E-state index contributed by atoms with van der Waals surface area (Å²) in [4.78, 5) is 24.7. The molecule has 114 valence electrons. The van der Waals surface area contributed by atoms with Crippen LogP contribution in [0.25, 0.3) is 0 Å². The zero-order valence-electron chi connectivity index (χ0n) is 12.6. The summed E-state index contributed by atoms with van der Waals surface area (Å²) in [5, 5.41) is 13.3. The molecule has 20 heavy (non-hydrogen) atoms. The molecule has 2 rings (SSSR count). The summed E-state index contributed by atoms with van der Waals surface area (Å²) in [6.45, 7) is 7.07. The van der Waals surface area contributed by atoms with E-state index in [4.69, 9.17) is 5.73 Å². The summed E-state index contributed by atoms with van der Waals surface area (Å²) < 4.78 is 0. The third kappa shape index (κ3) is 2.11. The van der Waals surface area contributed by atoms with E-state index in [1.807, 2.05) is 25.8 Å². The number of hydrogen-bond acceptors (Lipinski definition) is 4. The minimum Gasteiger partial charge on any atom is -0.479 e. The lowest BCUT2D eigenvalue weighted by molar-refractivity contribution is -0.208. The van der Waals surface area contributed by atoms with Crippen LogP contribution in [-0.2, 0) is 9.59 Å². The van der Waals surface area contributed by atoms with Gasteiger partial charge in [-0.1, -0.05) is 20.8 Å². The predicted octanol–water partition coefficient (Wildman–Crippen LogP) is 0.816. The fraction of sp³-hybridized carbons (Fsp3) is 0.857. The minimum atomic E-state index is -1.20. The average Bonchev–Trinajstić information content (AvgIpc) is 2.48. The van der Waals surface area contributed by atoms with Gasteiger partial charge in [0.1, 0.15) is 0 Å². The van der Waals surface area contributed by atoms with E-state index in [0.717, 1.165) is 19.4 Å². The highest BCUT2D eigenvalue weighted by Crippen LogP contribution is 2.44. The summed E-state index contributed by atoms with van der Waals surface area (Å²) >= 11 is 0. The van der Waals surface area contributed by atoms with E-state index < -0.39 is 23.0 Å². The summed E-state index contributed by atoms with van der Waals surface area (Å²) in [6, 6.07) is -0.598. The molecule has 0 spiro atoms. The Morgan fingerprint density at radius 3 is 2.50 bits per heavy atom. The van der Waals surface area contributed by atoms with Gasteiger partial charge in [0, 0.05) is 13.1 Å². The van der Waals surface area contributed by atoms with Gasteiger partial charge in [0.2, 0.25) is 0 Å². The fourth-order valence-corrected chi connectivity index (χ4v) is 3.49. The lowest BCUT2D eigenvalue weighted by Crippen LogP contribution is -2.72. The number of carboxylic acids is 1. The normalized spacial score (nSPS) is 32.7. The standard InChI is InChI=1S/C14H25N3O3/c1-13(2,3)14(12(19)20)7-5-9-16-8-4-6-10(15)11(18)17(14)16/h10H,4-9,15H2,1-3H3,(H,19,20)/t10-,14+/m0/s1. The van der Waals surface area contributed by atoms with Crippen LogP contribution in [0.4, 0.5) is 0 Å². The molecule has 2 aliphatic rings. The van der Waals surface area contributed by atoms with Crippen molar-refractivity contribution in [3.05, 3.63) is 0 Å². The van der Waals surface area contributed by atoms with E-state index in [2.05, 4.69) is 0 Å². The predicted molar refractivity (Wildman–Crippen MR) is 74.7 cm³/mol. The average molecular weight is 283 g/mol. The van der Waals surface area contributed by atoms with Gasteiger partial charge < -0.3 is 10.8 Å². The largest absolute Gasteiger partial charge is 0.479 e. The van der Waals surface area contributed by atoms with Gasteiger partial charge in [-0.05, 0) is 31.1 Å². The van der Waals surface area contributed by atoms with Crippen LogP contribution in [0.15, 0.2) is 0 Å². The summed E-state index contributed by atoms with van der Waals surface area (Å²) in [5.74, 6) is -1.18. The molecule has 2 fully saturated rings.